The summed E-state index contributed by atoms with van der Waals surface area (Å²) in [5, 5.41) is 4.34. The minimum atomic E-state index is 0.202. The van der Waals surface area contributed by atoms with Crippen LogP contribution in [0.4, 0.5) is 0 Å². The summed E-state index contributed by atoms with van der Waals surface area (Å²) < 4.78 is 2.23. The first kappa shape index (κ1) is 12.7. The van der Waals surface area contributed by atoms with E-state index in [2.05, 4.69) is 27.9 Å². The van der Waals surface area contributed by atoms with Gasteiger partial charge in [-0.3, -0.25) is 0 Å². The van der Waals surface area contributed by atoms with Crippen molar-refractivity contribution < 1.29 is 0 Å². The van der Waals surface area contributed by atoms with Gasteiger partial charge in [0.1, 0.15) is 0 Å². The van der Waals surface area contributed by atoms with Gasteiger partial charge in [-0.1, -0.05) is 29.8 Å². The second kappa shape index (κ2) is 5.35. The fraction of sp³-hybridized carbons (Fsp3) is 0.400. The summed E-state index contributed by atoms with van der Waals surface area (Å²) in [6, 6.07) is 8.64. The van der Waals surface area contributed by atoms with Gasteiger partial charge in [-0.05, 0) is 37.9 Å². The summed E-state index contributed by atoms with van der Waals surface area (Å²) in [5.74, 6) is 0. The highest BCUT2D eigenvalue weighted by atomic mass is 35.5. The minimum Gasteiger partial charge on any atom is -0.326 e. The first-order chi connectivity index (χ1) is 9.27. The summed E-state index contributed by atoms with van der Waals surface area (Å²) in [7, 11) is 0. The van der Waals surface area contributed by atoms with Crippen LogP contribution in [0.3, 0.4) is 0 Å². The maximum atomic E-state index is 6.30. The summed E-state index contributed by atoms with van der Waals surface area (Å²) >= 11 is 6.30. The molecule has 0 radical (unpaired) electrons. The fourth-order valence-electron chi connectivity index (χ4n) is 2.81. The molecule has 0 amide bonds. The Bertz CT molecular complexity index is 558. The molecular weight excluding hydrogens is 258 g/mol. The largest absolute Gasteiger partial charge is 0.326 e. The van der Waals surface area contributed by atoms with Gasteiger partial charge in [-0.25, -0.2) is 4.98 Å². The van der Waals surface area contributed by atoms with E-state index in [4.69, 9.17) is 11.6 Å². The van der Waals surface area contributed by atoms with Crippen LogP contribution in [0.25, 0.3) is 0 Å². The summed E-state index contributed by atoms with van der Waals surface area (Å²) in [6.45, 7) is 3.26. The lowest BCUT2D eigenvalue weighted by molar-refractivity contribution is 0.538. The van der Waals surface area contributed by atoms with Crippen LogP contribution in [0.1, 0.15) is 43.1 Å². The molecule has 0 bridgehead atoms. The monoisotopic (exact) mass is 275 g/mol. The third-order valence-corrected chi connectivity index (χ3v) is 4.23. The maximum Gasteiger partial charge on any atom is 0.0954 e. The van der Waals surface area contributed by atoms with Crippen LogP contribution >= 0.6 is 11.6 Å². The Balaban J connectivity index is 1.94. The van der Waals surface area contributed by atoms with E-state index in [1.807, 2.05) is 30.7 Å². The van der Waals surface area contributed by atoms with Crippen molar-refractivity contribution in [3.05, 3.63) is 53.1 Å². The van der Waals surface area contributed by atoms with Crippen molar-refractivity contribution >= 4 is 11.6 Å². The smallest absolute Gasteiger partial charge is 0.0954 e. The number of hydrogen-bond acceptors (Lipinski definition) is 2. The molecule has 19 heavy (non-hydrogen) atoms. The van der Waals surface area contributed by atoms with E-state index in [0.29, 0.717) is 6.04 Å². The second-order valence-electron chi connectivity index (χ2n) is 5.07. The van der Waals surface area contributed by atoms with Gasteiger partial charge in [0.25, 0.3) is 0 Å². The Morgan fingerprint density at radius 3 is 3.00 bits per heavy atom. The molecule has 1 aliphatic heterocycles. The average molecular weight is 276 g/mol. The number of hydrogen-bond donors (Lipinski definition) is 1. The highest BCUT2D eigenvalue weighted by Crippen LogP contribution is 2.30. The zero-order chi connectivity index (χ0) is 13.2. The molecule has 2 heterocycles. The molecular formula is C15H18ClN3. The van der Waals surface area contributed by atoms with Crippen molar-refractivity contribution in [1.82, 2.24) is 14.9 Å². The van der Waals surface area contributed by atoms with Gasteiger partial charge < -0.3 is 9.88 Å². The van der Waals surface area contributed by atoms with E-state index < -0.39 is 0 Å². The molecule has 2 atom stereocenters. The average Bonchev–Trinajstić information content (AvgIpc) is 3.09. The molecule has 2 aromatic rings. The van der Waals surface area contributed by atoms with Gasteiger partial charge in [0, 0.05) is 17.3 Å². The third-order valence-electron chi connectivity index (χ3n) is 3.89. The predicted molar refractivity (Wildman–Crippen MR) is 77.5 cm³/mol. The molecule has 0 aliphatic carbocycles. The minimum absolute atomic E-state index is 0.202. The molecule has 1 aromatic carbocycles. The standard InChI is InChI=1S/C15H18ClN3/c1-11(12-5-2-3-6-13(12)16)19-10-17-9-15(19)14-7-4-8-18-14/h2-3,5-6,9-11,14,18H,4,7-8H2,1H3/t11?,14-/m0/s1. The van der Waals surface area contributed by atoms with Crippen molar-refractivity contribution in [3.8, 4) is 0 Å². The Kier molecular flexibility index (Phi) is 3.58. The lowest BCUT2D eigenvalue weighted by Gasteiger charge is -2.21. The maximum absolute atomic E-state index is 6.30. The molecule has 0 spiro atoms. The number of aromatic nitrogens is 2. The van der Waals surface area contributed by atoms with Crippen molar-refractivity contribution in [2.75, 3.05) is 6.54 Å². The van der Waals surface area contributed by atoms with Gasteiger partial charge in [-0.15, -0.1) is 0 Å². The van der Waals surface area contributed by atoms with Crippen LogP contribution in [0.15, 0.2) is 36.8 Å². The highest BCUT2D eigenvalue weighted by Gasteiger charge is 2.22. The number of nitrogens with zero attached hydrogens (tertiary/aromatic N) is 2. The first-order valence-electron chi connectivity index (χ1n) is 6.77. The topological polar surface area (TPSA) is 29.9 Å². The zero-order valence-electron chi connectivity index (χ0n) is 11.0. The number of imidazole rings is 1. The van der Waals surface area contributed by atoms with Crippen LogP contribution < -0.4 is 5.32 Å². The van der Waals surface area contributed by atoms with E-state index in [-0.39, 0.29) is 6.04 Å². The molecule has 1 N–H and O–H groups in total. The van der Waals surface area contributed by atoms with Crippen molar-refractivity contribution in [2.45, 2.75) is 31.8 Å². The fourth-order valence-corrected chi connectivity index (χ4v) is 3.10. The SMILES string of the molecule is CC(c1ccccc1Cl)n1cncc1[C@@H]1CCCN1. The lowest BCUT2D eigenvalue weighted by Crippen LogP contribution is -2.19. The van der Waals surface area contributed by atoms with Crippen LogP contribution in [0.5, 0.6) is 0 Å². The molecule has 1 saturated heterocycles. The van der Waals surface area contributed by atoms with E-state index in [0.717, 1.165) is 17.1 Å². The molecule has 100 valence electrons. The van der Waals surface area contributed by atoms with Crippen LogP contribution in [-0.4, -0.2) is 16.1 Å². The Morgan fingerprint density at radius 2 is 2.26 bits per heavy atom. The van der Waals surface area contributed by atoms with E-state index in [1.165, 1.54) is 18.5 Å². The number of rotatable bonds is 3. The highest BCUT2D eigenvalue weighted by molar-refractivity contribution is 6.31. The number of benzene rings is 1. The molecule has 1 fully saturated rings. The number of nitrogens with one attached hydrogen (secondary N) is 1. The lowest BCUT2D eigenvalue weighted by atomic mass is 10.1. The van der Waals surface area contributed by atoms with Gasteiger partial charge in [0.2, 0.25) is 0 Å². The second-order valence-corrected chi connectivity index (χ2v) is 5.48. The van der Waals surface area contributed by atoms with Crippen LogP contribution in [0, 0.1) is 0 Å². The van der Waals surface area contributed by atoms with Gasteiger partial charge in [-0.2, -0.15) is 0 Å². The quantitative estimate of drug-likeness (QED) is 0.928. The normalized spacial score (nSPS) is 20.6. The van der Waals surface area contributed by atoms with Crippen LogP contribution in [0.2, 0.25) is 5.02 Å². The Labute approximate surface area is 118 Å². The summed E-state index contributed by atoms with van der Waals surface area (Å²) in [4.78, 5) is 4.32. The zero-order valence-corrected chi connectivity index (χ0v) is 11.8. The Hall–Kier alpha value is -1.32. The molecule has 0 saturated carbocycles. The molecule has 1 aliphatic rings. The molecule has 4 heteroatoms. The van der Waals surface area contributed by atoms with E-state index in [1.54, 1.807) is 0 Å². The van der Waals surface area contributed by atoms with E-state index >= 15 is 0 Å². The summed E-state index contributed by atoms with van der Waals surface area (Å²) in [5.41, 5.74) is 2.39. The van der Waals surface area contributed by atoms with Crippen LogP contribution in [-0.2, 0) is 0 Å². The van der Waals surface area contributed by atoms with Crippen molar-refractivity contribution in [2.24, 2.45) is 0 Å². The van der Waals surface area contributed by atoms with Gasteiger partial charge in [0.15, 0.2) is 0 Å². The van der Waals surface area contributed by atoms with Crippen molar-refractivity contribution in [3.63, 3.8) is 0 Å². The van der Waals surface area contributed by atoms with E-state index in [9.17, 15) is 0 Å². The Morgan fingerprint density at radius 1 is 1.42 bits per heavy atom. The van der Waals surface area contributed by atoms with Gasteiger partial charge >= 0.3 is 0 Å². The van der Waals surface area contributed by atoms with Crippen molar-refractivity contribution in [1.29, 1.82) is 0 Å². The molecule has 3 rings (SSSR count). The number of halogens is 1. The van der Waals surface area contributed by atoms with Gasteiger partial charge in [0.05, 0.1) is 18.1 Å². The molecule has 1 unspecified atom stereocenters. The summed E-state index contributed by atoms with van der Waals surface area (Å²) in [6.07, 6.45) is 6.29. The molecule has 3 nitrogen and oxygen atoms in total. The predicted octanol–water partition coefficient (Wildman–Crippen LogP) is 3.57. The third kappa shape index (κ3) is 2.40. The first-order valence-corrected chi connectivity index (χ1v) is 7.14. The molecule has 1 aromatic heterocycles.